The Kier molecular flexibility index (Phi) is 5.90. The molecule has 22 heavy (non-hydrogen) atoms. The van der Waals surface area contributed by atoms with E-state index in [-0.39, 0.29) is 5.56 Å². The molecular weight excluding hydrogens is 303 g/mol. The average Bonchev–Trinajstić information content (AvgIpc) is 2.42. The molecule has 1 aromatic rings. The number of carbonyl (C=O) groups excluding carboxylic acids is 2. The van der Waals surface area contributed by atoms with Crippen LogP contribution in [0.3, 0.4) is 0 Å². The first-order valence-corrected chi connectivity index (χ1v) is 6.12. The van der Waals surface area contributed by atoms with E-state index in [0.717, 1.165) is 0 Å². The largest absolute Gasteiger partial charge is 0.411 e. The summed E-state index contributed by atoms with van der Waals surface area (Å²) in [5.41, 5.74) is 1.39. The Labute approximate surface area is 124 Å². The van der Waals surface area contributed by atoms with Crippen molar-refractivity contribution in [3.05, 3.63) is 34.9 Å². The number of benzene rings is 1. The molecule has 2 amide bonds. The maximum Gasteiger partial charge on any atom is 0.405 e. The number of carbonyl (C=O) groups is 2. The van der Waals surface area contributed by atoms with E-state index in [4.69, 9.17) is 5.21 Å². The summed E-state index contributed by atoms with van der Waals surface area (Å²) in [7, 11) is 0. The first-order valence-electron chi connectivity index (χ1n) is 6.12. The summed E-state index contributed by atoms with van der Waals surface area (Å²) in [6, 6.07) is 4.55. The number of halogens is 3. The second-order valence-corrected chi connectivity index (χ2v) is 4.39. The lowest BCUT2D eigenvalue weighted by Gasteiger charge is -2.10. The van der Waals surface area contributed by atoms with E-state index in [0.29, 0.717) is 11.1 Å². The van der Waals surface area contributed by atoms with Crippen molar-refractivity contribution in [2.24, 2.45) is 5.16 Å². The van der Waals surface area contributed by atoms with E-state index in [1.54, 1.807) is 18.3 Å². The van der Waals surface area contributed by atoms with Crippen LogP contribution in [0.2, 0.25) is 0 Å². The molecule has 9 heteroatoms. The van der Waals surface area contributed by atoms with Crippen molar-refractivity contribution in [3.63, 3.8) is 0 Å². The fourth-order valence-corrected chi connectivity index (χ4v) is 1.61. The molecule has 6 nitrogen and oxygen atoms in total. The molecule has 1 rings (SSSR count). The number of hydrogen-bond donors (Lipinski definition) is 3. The maximum absolute atomic E-state index is 11.9. The summed E-state index contributed by atoms with van der Waals surface area (Å²) < 4.78 is 35.7. The van der Waals surface area contributed by atoms with Crippen LogP contribution in [0.15, 0.2) is 23.4 Å². The summed E-state index contributed by atoms with van der Waals surface area (Å²) in [6.07, 6.45) is -3.32. The molecule has 0 radical (unpaired) electrons. The van der Waals surface area contributed by atoms with Gasteiger partial charge in [0.15, 0.2) is 0 Å². The molecule has 3 N–H and O–H groups in total. The number of alkyl halides is 3. The van der Waals surface area contributed by atoms with Crippen LogP contribution in [0.5, 0.6) is 0 Å². The van der Waals surface area contributed by atoms with Crippen LogP contribution in [0.4, 0.5) is 13.2 Å². The molecule has 0 aliphatic carbocycles. The lowest BCUT2D eigenvalue weighted by atomic mass is 10.0. The van der Waals surface area contributed by atoms with E-state index >= 15 is 0 Å². The highest BCUT2D eigenvalue weighted by molar-refractivity contribution is 5.98. The molecule has 0 aliphatic heterocycles. The van der Waals surface area contributed by atoms with Crippen molar-refractivity contribution >= 4 is 18.0 Å². The number of oxime groups is 1. The maximum atomic E-state index is 11.9. The predicted octanol–water partition coefficient (Wildman–Crippen LogP) is 1.21. The Balaban J connectivity index is 2.57. The van der Waals surface area contributed by atoms with Crippen molar-refractivity contribution in [2.75, 3.05) is 13.1 Å². The molecule has 0 aromatic heterocycles. The van der Waals surface area contributed by atoms with E-state index in [2.05, 4.69) is 10.5 Å². The van der Waals surface area contributed by atoms with E-state index in [1.807, 2.05) is 0 Å². The zero-order valence-corrected chi connectivity index (χ0v) is 11.6. The third kappa shape index (κ3) is 5.81. The zero-order valence-electron chi connectivity index (χ0n) is 11.6. The lowest BCUT2D eigenvalue weighted by molar-refractivity contribution is -0.137. The number of amides is 2. The van der Waals surface area contributed by atoms with Gasteiger partial charge in [-0.15, -0.1) is 0 Å². The summed E-state index contributed by atoms with van der Waals surface area (Å²) in [4.78, 5) is 23.0. The molecule has 0 spiro atoms. The summed E-state index contributed by atoms with van der Waals surface area (Å²) >= 11 is 0. The second-order valence-electron chi connectivity index (χ2n) is 4.39. The van der Waals surface area contributed by atoms with Gasteiger partial charge in [0.05, 0.1) is 12.8 Å². The summed E-state index contributed by atoms with van der Waals surface area (Å²) in [5, 5.41) is 15.1. The van der Waals surface area contributed by atoms with Crippen molar-refractivity contribution in [2.45, 2.75) is 13.1 Å². The van der Waals surface area contributed by atoms with Crippen molar-refractivity contribution in [1.82, 2.24) is 10.6 Å². The van der Waals surface area contributed by atoms with E-state index in [9.17, 15) is 22.8 Å². The Morgan fingerprint density at radius 3 is 2.55 bits per heavy atom. The van der Waals surface area contributed by atoms with Gasteiger partial charge >= 0.3 is 6.18 Å². The Morgan fingerprint density at radius 2 is 2.00 bits per heavy atom. The van der Waals surface area contributed by atoms with Crippen molar-refractivity contribution in [1.29, 1.82) is 0 Å². The topological polar surface area (TPSA) is 90.8 Å². The van der Waals surface area contributed by atoms with Gasteiger partial charge in [0, 0.05) is 5.56 Å². The smallest absolute Gasteiger partial charge is 0.405 e. The van der Waals surface area contributed by atoms with Gasteiger partial charge in [-0.1, -0.05) is 11.2 Å². The standard InChI is InChI=1S/C13H14F3N3O3/c1-8-4-9(5-19-22)2-3-10(8)12(21)17-6-11(20)18-7-13(14,15)16/h2-5,22H,6-7H2,1H3,(H,17,21)(H,18,20). The van der Waals surface area contributed by atoms with Gasteiger partial charge in [-0.2, -0.15) is 13.2 Å². The van der Waals surface area contributed by atoms with Gasteiger partial charge in [-0.25, -0.2) is 0 Å². The SMILES string of the molecule is Cc1cc(C=NO)ccc1C(=O)NCC(=O)NCC(F)(F)F. The quantitative estimate of drug-likeness (QED) is 0.433. The molecule has 0 heterocycles. The predicted molar refractivity (Wildman–Crippen MR) is 72.0 cm³/mol. The summed E-state index contributed by atoms with van der Waals surface area (Å²) in [6.45, 7) is -0.378. The Bertz CT molecular complexity index is 586. The first-order chi connectivity index (χ1) is 10.2. The number of aryl methyl sites for hydroxylation is 1. The van der Waals surface area contributed by atoms with Gasteiger partial charge in [0.1, 0.15) is 6.54 Å². The first kappa shape index (κ1) is 17.5. The van der Waals surface area contributed by atoms with Crippen molar-refractivity contribution < 1.29 is 28.0 Å². The Morgan fingerprint density at radius 1 is 1.32 bits per heavy atom. The number of nitrogens with zero attached hydrogens (tertiary/aromatic N) is 1. The van der Waals surface area contributed by atoms with Gasteiger partial charge < -0.3 is 15.8 Å². The van der Waals surface area contributed by atoms with E-state index < -0.39 is 31.1 Å². The normalized spacial score (nSPS) is 11.5. The van der Waals surface area contributed by atoms with Crippen LogP contribution in [0.25, 0.3) is 0 Å². The van der Waals surface area contributed by atoms with Crippen LogP contribution in [0, 0.1) is 6.92 Å². The number of rotatable bonds is 5. The third-order valence-corrected chi connectivity index (χ3v) is 2.60. The fourth-order valence-electron chi connectivity index (χ4n) is 1.61. The van der Waals surface area contributed by atoms with Crippen LogP contribution >= 0.6 is 0 Å². The fraction of sp³-hybridized carbons (Fsp3) is 0.308. The molecule has 0 unspecified atom stereocenters. The van der Waals surface area contributed by atoms with Crippen LogP contribution in [-0.2, 0) is 4.79 Å². The average molecular weight is 317 g/mol. The molecule has 0 saturated carbocycles. The molecule has 1 aromatic carbocycles. The van der Waals surface area contributed by atoms with Crippen LogP contribution in [-0.4, -0.2) is 42.5 Å². The third-order valence-electron chi connectivity index (χ3n) is 2.60. The molecule has 0 fully saturated rings. The minimum Gasteiger partial charge on any atom is -0.411 e. The second kappa shape index (κ2) is 7.43. The van der Waals surface area contributed by atoms with Crippen molar-refractivity contribution in [3.8, 4) is 0 Å². The van der Waals surface area contributed by atoms with Crippen LogP contribution in [0.1, 0.15) is 21.5 Å². The van der Waals surface area contributed by atoms with E-state index in [1.165, 1.54) is 18.3 Å². The monoisotopic (exact) mass is 317 g/mol. The highest BCUT2D eigenvalue weighted by Crippen LogP contribution is 2.12. The zero-order chi connectivity index (χ0) is 16.8. The molecule has 0 saturated heterocycles. The molecule has 120 valence electrons. The lowest BCUT2D eigenvalue weighted by Crippen LogP contribution is -2.41. The molecule has 0 bridgehead atoms. The van der Waals surface area contributed by atoms with Crippen LogP contribution < -0.4 is 10.6 Å². The number of hydrogen-bond acceptors (Lipinski definition) is 4. The Hall–Kier alpha value is -2.58. The van der Waals surface area contributed by atoms with Gasteiger partial charge in [0.2, 0.25) is 5.91 Å². The minimum absolute atomic E-state index is 0.263. The molecule has 0 atom stereocenters. The summed E-state index contributed by atoms with van der Waals surface area (Å²) in [5.74, 6) is -1.53. The van der Waals surface area contributed by atoms with Gasteiger partial charge in [-0.05, 0) is 30.2 Å². The minimum atomic E-state index is -4.50. The number of nitrogens with one attached hydrogen (secondary N) is 2. The molecule has 0 aliphatic rings. The molecular formula is C13H14F3N3O3. The van der Waals surface area contributed by atoms with Gasteiger partial charge in [0.25, 0.3) is 5.91 Å². The highest BCUT2D eigenvalue weighted by Gasteiger charge is 2.27. The highest BCUT2D eigenvalue weighted by atomic mass is 19.4. The van der Waals surface area contributed by atoms with Gasteiger partial charge in [-0.3, -0.25) is 9.59 Å².